The lowest BCUT2D eigenvalue weighted by molar-refractivity contribution is -0.131. The Morgan fingerprint density at radius 1 is 1.16 bits per heavy atom. The van der Waals surface area contributed by atoms with Gasteiger partial charge >= 0.3 is 0 Å². The number of hydrogen-bond acceptors (Lipinski definition) is 6. The van der Waals surface area contributed by atoms with Crippen molar-refractivity contribution in [3.63, 3.8) is 0 Å². The van der Waals surface area contributed by atoms with Crippen LogP contribution in [0, 0.1) is 6.92 Å². The fraction of sp³-hybridized carbons (Fsp3) is 0.316. The monoisotopic (exact) mass is 343 g/mol. The van der Waals surface area contributed by atoms with Gasteiger partial charge in [-0.25, -0.2) is 4.99 Å². The predicted molar refractivity (Wildman–Crippen MR) is 94.1 cm³/mol. The minimum absolute atomic E-state index is 0.0206. The van der Waals surface area contributed by atoms with E-state index in [1.807, 2.05) is 43.4 Å². The van der Waals surface area contributed by atoms with Crippen LogP contribution < -0.4 is 4.74 Å². The lowest BCUT2D eigenvalue weighted by Crippen LogP contribution is -2.35. The Bertz CT molecular complexity index is 752. The number of benzene rings is 1. The zero-order valence-electron chi connectivity index (χ0n) is 13.9. The van der Waals surface area contributed by atoms with Gasteiger partial charge in [0.05, 0.1) is 5.71 Å². The Labute approximate surface area is 146 Å². The topological polar surface area (TPSA) is 91.5 Å². The number of aliphatic hydroxyl groups excluding tert-OH is 3. The molecule has 0 bridgehead atoms. The molecule has 2 aliphatic rings. The molecular weight excluding hydrogens is 322 g/mol. The summed E-state index contributed by atoms with van der Waals surface area (Å²) in [5, 5.41) is 28.9. The first kappa shape index (κ1) is 17.6. The lowest BCUT2D eigenvalue weighted by atomic mass is 10.1. The van der Waals surface area contributed by atoms with E-state index < -0.39 is 24.6 Å². The highest BCUT2D eigenvalue weighted by atomic mass is 16.7. The van der Waals surface area contributed by atoms with E-state index in [1.165, 1.54) is 0 Å². The molecule has 6 nitrogen and oxygen atoms in total. The van der Waals surface area contributed by atoms with E-state index >= 15 is 0 Å². The Morgan fingerprint density at radius 3 is 2.60 bits per heavy atom. The molecule has 6 heteroatoms. The molecule has 1 heterocycles. The van der Waals surface area contributed by atoms with E-state index in [-0.39, 0.29) is 6.61 Å². The molecule has 3 N–H and O–H groups in total. The number of allylic oxidation sites excluding steroid dienone is 5. The first-order valence-electron chi connectivity index (χ1n) is 8.02. The van der Waals surface area contributed by atoms with Crippen LogP contribution in [-0.2, 0) is 4.74 Å². The van der Waals surface area contributed by atoms with Crippen molar-refractivity contribution in [2.24, 2.45) is 4.99 Å². The second kappa shape index (κ2) is 7.33. The molecule has 0 spiro atoms. The van der Waals surface area contributed by atoms with Crippen LogP contribution in [0.2, 0.25) is 0 Å². The summed E-state index contributed by atoms with van der Waals surface area (Å²) in [4.78, 5) is 4.64. The highest BCUT2D eigenvalue weighted by Gasteiger charge is 2.42. The van der Waals surface area contributed by atoms with E-state index in [0.717, 1.165) is 16.8 Å². The molecule has 1 fully saturated rings. The van der Waals surface area contributed by atoms with Crippen LogP contribution in [0.1, 0.15) is 5.56 Å². The maximum atomic E-state index is 9.85. The van der Waals surface area contributed by atoms with E-state index in [0.29, 0.717) is 11.4 Å². The van der Waals surface area contributed by atoms with Crippen molar-refractivity contribution in [2.45, 2.75) is 31.5 Å². The van der Waals surface area contributed by atoms with E-state index in [9.17, 15) is 15.3 Å². The summed E-state index contributed by atoms with van der Waals surface area (Å²) in [6, 6.07) is 5.53. The summed E-state index contributed by atoms with van der Waals surface area (Å²) < 4.78 is 10.9. The average molecular weight is 343 g/mol. The number of para-hydroxylation sites is 1. The SMILES string of the molecule is C=C1C=CC=C/C1=N/c1c(C)cccc1OCC1OC(O)C(O)C1O. The number of ether oxygens (including phenoxy) is 2. The Morgan fingerprint density at radius 2 is 1.92 bits per heavy atom. The standard InChI is InChI=1S/C19H21NO5/c1-11-6-3-4-8-13(11)20-16-12(2)7-5-9-14(16)24-10-15-17(21)18(22)19(23)25-15/h3-9,15,17-19,21-23H,1,10H2,2H3/b20-13-. The van der Waals surface area contributed by atoms with Gasteiger partial charge in [0, 0.05) is 0 Å². The van der Waals surface area contributed by atoms with E-state index in [4.69, 9.17) is 9.47 Å². The summed E-state index contributed by atoms with van der Waals surface area (Å²) in [5.41, 5.74) is 3.13. The maximum Gasteiger partial charge on any atom is 0.184 e. The van der Waals surface area contributed by atoms with Gasteiger partial charge in [-0.15, -0.1) is 0 Å². The molecular formula is C19H21NO5. The van der Waals surface area contributed by atoms with Crippen molar-refractivity contribution in [3.05, 3.63) is 60.2 Å². The van der Waals surface area contributed by atoms with E-state index in [1.54, 1.807) is 6.07 Å². The summed E-state index contributed by atoms with van der Waals surface area (Å²) in [7, 11) is 0. The number of nitrogens with zero attached hydrogens (tertiary/aromatic N) is 1. The minimum Gasteiger partial charge on any atom is -0.488 e. The molecule has 0 radical (unpaired) electrons. The summed E-state index contributed by atoms with van der Waals surface area (Å²) >= 11 is 0. The van der Waals surface area contributed by atoms with Crippen molar-refractivity contribution in [1.29, 1.82) is 0 Å². The van der Waals surface area contributed by atoms with Gasteiger partial charge in [0.2, 0.25) is 0 Å². The van der Waals surface area contributed by atoms with Crippen LogP contribution in [-0.4, -0.2) is 52.2 Å². The third kappa shape index (κ3) is 3.72. The van der Waals surface area contributed by atoms with Crippen LogP contribution in [0.3, 0.4) is 0 Å². The lowest BCUT2D eigenvalue weighted by Gasteiger charge is -2.17. The Kier molecular flexibility index (Phi) is 5.15. The quantitative estimate of drug-likeness (QED) is 0.772. The van der Waals surface area contributed by atoms with Crippen LogP contribution in [0.4, 0.5) is 5.69 Å². The van der Waals surface area contributed by atoms with Gasteiger partial charge in [-0.05, 0) is 30.2 Å². The first-order chi connectivity index (χ1) is 12.0. The van der Waals surface area contributed by atoms with Gasteiger partial charge < -0.3 is 24.8 Å². The molecule has 1 aliphatic carbocycles. The molecule has 0 aromatic heterocycles. The molecule has 25 heavy (non-hydrogen) atoms. The second-order valence-electron chi connectivity index (χ2n) is 6.02. The van der Waals surface area contributed by atoms with Crippen molar-refractivity contribution < 1.29 is 24.8 Å². The Balaban J connectivity index is 1.80. The van der Waals surface area contributed by atoms with Crippen LogP contribution in [0.5, 0.6) is 5.75 Å². The minimum atomic E-state index is -1.41. The second-order valence-corrected chi connectivity index (χ2v) is 6.02. The third-order valence-corrected chi connectivity index (χ3v) is 4.16. The molecule has 1 saturated heterocycles. The summed E-state index contributed by atoms with van der Waals surface area (Å²) in [5.74, 6) is 0.523. The zero-order chi connectivity index (χ0) is 18.0. The maximum absolute atomic E-state index is 9.85. The Hall–Kier alpha value is -2.25. The molecule has 3 rings (SSSR count). The molecule has 4 atom stereocenters. The van der Waals surface area contributed by atoms with Gasteiger partial charge in [0.1, 0.15) is 36.4 Å². The van der Waals surface area contributed by atoms with Crippen molar-refractivity contribution >= 4 is 11.4 Å². The fourth-order valence-electron chi connectivity index (χ4n) is 2.67. The van der Waals surface area contributed by atoms with Crippen LogP contribution in [0.25, 0.3) is 0 Å². The smallest absolute Gasteiger partial charge is 0.184 e. The zero-order valence-corrected chi connectivity index (χ0v) is 13.9. The van der Waals surface area contributed by atoms with E-state index in [2.05, 4.69) is 11.6 Å². The molecule has 4 unspecified atom stereocenters. The molecule has 1 aromatic carbocycles. The van der Waals surface area contributed by atoms with Gasteiger partial charge in [0.25, 0.3) is 0 Å². The van der Waals surface area contributed by atoms with Gasteiger partial charge in [-0.1, -0.05) is 36.9 Å². The average Bonchev–Trinajstić information content (AvgIpc) is 2.84. The molecule has 0 saturated carbocycles. The number of rotatable bonds is 4. The largest absolute Gasteiger partial charge is 0.488 e. The molecule has 1 aromatic rings. The fourth-order valence-corrected chi connectivity index (χ4v) is 2.67. The molecule has 0 amide bonds. The van der Waals surface area contributed by atoms with Crippen molar-refractivity contribution in [2.75, 3.05) is 6.61 Å². The van der Waals surface area contributed by atoms with Crippen LogP contribution >= 0.6 is 0 Å². The number of aliphatic imine (C=N–C) groups is 1. The summed E-state index contributed by atoms with van der Waals surface area (Å²) in [6.07, 6.45) is 2.75. The van der Waals surface area contributed by atoms with Crippen molar-refractivity contribution in [3.8, 4) is 5.75 Å². The highest BCUT2D eigenvalue weighted by molar-refractivity contribution is 6.12. The summed E-state index contributed by atoms with van der Waals surface area (Å²) in [6.45, 7) is 5.87. The molecule has 132 valence electrons. The van der Waals surface area contributed by atoms with Crippen LogP contribution in [0.15, 0.2) is 59.6 Å². The number of aryl methyl sites for hydroxylation is 1. The number of aliphatic hydroxyl groups is 3. The number of hydrogen-bond donors (Lipinski definition) is 3. The third-order valence-electron chi connectivity index (χ3n) is 4.16. The van der Waals surface area contributed by atoms with Gasteiger partial charge in [-0.3, -0.25) is 0 Å². The van der Waals surface area contributed by atoms with Crippen molar-refractivity contribution in [1.82, 2.24) is 0 Å². The first-order valence-corrected chi connectivity index (χ1v) is 8.02. The predicted octanol–water partition coefficient (Wildman–Crippen LogP) is 1.57. The molecule has 1 aliphatic heterocycles. The highest BCUT2D eigenvalue weighted by Crippen LogP contribution is 2.33. The van der Waals surface area contributed by atoms with Gasteiger partial charge in [-0.2, -0.15) is 0 Å². The normalized spacial score (nSPS) is 30.2. The van der Waals surface area contributed by atoms with Gasteiger partial charge in [0.15, 0.2) is 6.29 Å².